The van der Waals surface area contributed by atoms with Gasteiger partial charge in [-0.2, -0.15) is 9.57 Å². The molecule has 1 atom stereocenters. The molecular weight excluding hydrogens is 262 g/mol. The summed E-state index contributed by atoms with van der Waals surface area (Å²) in [4.78, 5) is 0.237. The maximum absolute atomic E-state index is 12.3. The second kappa shape index (κ2) is 6.55. The summed E-state index contributed by atoms with van der Waals surface area (Å²) in [6.45, 7) is 4.47. The van der Waals surface area contributed by atoms with Crippen molar-refractivity contribution in [2.24, 2.45) is 0 Å². The average Bonchev–Trinajstić information content (AvgIpc) is 2.39. The minimum atomic E-state index is -3.54. The van der Waals surface area contributed by atoms with Gasteiger partial charge in [0.25, 0.3) is 0 Å². The van der Waals surface area contributed by atoms with Gasteiger partial charge in [-0.25, -0.2) is 8.42 Å². The Morgan fingerprint density at radius 3 is 2.42 bits per heavy atom. The van der Waals surface area contributed by atoms with E-state index in [1.165, 1.54) is 11.4 Å². The van der Waals surface area contributed by atoms with Gasteiger partial charge in [0.1, 0.15) is 0 Å². The lowest BCUT2D eigenvalue weighted by Gasteiger charge is -2.22. The van der Waals surface area contributed by atoms with E-state index in [-0.39, 0.29) is 17.4 Å². The number of nitrogens with zero attached hydrogens (tertiary/aromatic N) is 2. The summed E-state index contributed by atoms with van der Waals surface area (Å²) in [5.41, 5.74) is 0.883. The monoisotopic (exact) mass is 281 g/mol. The van der Waals surface area contributed by atoms with Crippen LogP contribution >= 0.6 is 0 Å². The molecule has 0 saturated carbocycles. The second-order valence-electron chi connectivity index (χ2n) is 4.29. The summed E-state index contributed by atoms with van der Waals surface area (Å²) >= 11 is 0. The molecule has 0 amide bonds. The zero-order valence-corrected chi connectivity index (χ0v) is 12.2. The maximum atomic E-state index is 12.3. The van der Waals surface area contributed by atoms with Crippen LogP contribution in [-0.2, 0) is 10.0 Å². The zero-order chi connectivity index (χ0) is 14.5. The van der Waals surface area contributed by atoms with Crippen molar-refractivity contribution in [2.75, 3.05) is 18.9 Å². The van der Waals surface area contributed by atoms with Gasteiger partial charge < -0.3 is 5.32 Å². The average molecular weight is 281 g/mol. The smallest absolute Gasteiger partial charge is 0.243 e. The molecule has 0 aliphatic rings. The van der Waals surface area contributed by atoms with E-state index < -0.39 is 10.0 Å². The van der Waals surface area contributed by atoms with Crippen molar-refractivity contribution < 1.29 is 8.42 Å². The van der Waals surface area contributed by atoms with E-state index in [1.807, 2.05) is 13.0 Å². The van der Waals surface area contributed by atoms with Gasteiger partial charge in [0.05, 0.1) is 17.4 Å². The largest absolute Gasteiger partial charge is 0.385 e. The highest BCUT2D eigenvalue weighted by Gasteiger charge is 2.24. The molecule has 1 unspecified atom stereocenters. The number of rotatable bonds is 6. The Morgan fingerprint density at radius 1 is 1.37 bits per heavy atom. The molecule has 1 N–H and O–H groups in total. The molecule has 1 aromatic rings. The number of sulfonamides is 1. The summed E-state index contributed by atoms with van der Waals surface area (Å²) in [5, 5.41) is 11.7. The topological polar surface area (TPSA) is 73.2 Å². The van der Waals surface area contributed by atoms with Crippen LogP contribution in [0.4, 0.5) is 5.69 Å². The number of anilines is 1. The van der Waals surface area contributed by atoms with E-state index in [1.54, 1.807) is 31.2 Å². The van der Waals surface area contributed by atoms with Crippen LogP contribution in [0.2, 0.25) is 0 Å². The molecule has 5 nitrogen and oxygen atoms in total. The maximum Gasteiger partial charge on any atom is 0.243 e. The van der Waals surface area contributed by atoms with Crippen LogP contribution < -0.4 is 5.32 Å². The highest BCUT2D eigenvalue weighted by molar-refractivity contribution is 7.89. The van der Waals surface area contributed by atoms with Gasteiger partial charge in [-0.05, 0) is 38.1 Å². The Kier molecular flexibility index (Phi) is 5.33. The summed E-state index contributed by atoms with van der Waals surface area (Å²) in [7, 11) is -2.04. The standard InChI is InChI=1S/C13H19N3O2S/c1-4-15-12-5-7-13(8-6-12)19(17,18)16(3)11(2)9-10-14/h5-8,11,15H,4,9H2,1-3H3. The molecule has 0 aliphatic heterocycles. The molecule has 1 aromatic carbocycles. The number of hydrogen-bond donors (Lipinski definition) is 1. The first kappa shape index (κ1) is 15.5. The molecule has 0 aromatic heterocycles. The number of hydrogen-bond acceptors (Lipinski definition) is 4. The highest BCUT2D eigenvalue weighted by atomic mass is 32.2. The lowest BCUT2D eigenvalue weighted by Crippen LogP contribution is -2.34. The molecule has 104 valence electrons. The van der Waals surface area contributed by atoms with Crippen LogP contribution in [0.15, 0.2) is 29.2 Å². The molecule has 0 bridgehead atoms. The third-order valence-corrected chi connectivity index (χ3v) is 4.91. The van der Waals surface area contributed by atoms with Crippen LogP contribution in [0.3, 0.4) is 0 Å². The molecule has 1 rings (SSSR count). The molecule has 0 radical (unpaired) electrons. The van der Waals surface area contributed by atoms with E-state index in [4.69, 9.17) is 5.26 Å². The third-order valence-electron chi connectivity index (χ3n) is 2.92. The first-order valence-corrected chi connectivity index (χ1v) is 7.56. The van der Waals surface area contributed by atoms with Gasteiger partial charge >= 0.3 is 0 Å². The Morgan fingerprint density at radius 2 is 1.95 bits per heavy atom. The molecule has 0 fully saturated rings. The lowest BCUT2D eigenvalue weighted by molar-refractivity contribution is 0.393. The van der Waals surface area contributed by atoms with Crippen LogP contribution in [0, 0.1) is 11.3 Å². The SMILES string of the molecule is CCNc1ccc(S(=O)(=O)N(C)C(C)CC#N)cc1. The molecule has 0 heterocycles. The van der Waals surface area contributed by atoms with Crippen LogP contribution in [-0.4, -0.2) is 32.4 Å². The van der Waals surface area contributed by atoms with Crippen LogP contribution in [0.25, 0.3) is 0 Å². The van der Waals surface area contributed by atoms with Crippen molar-refractivity contribution in [1.29, 1.82) is 5.26 Å². The first-order valence-electron chi connectivity index (χ1n) is 6.12. The van der Waals surface area contributed by atoms with E-state index in [0.29, 0.717) is 0 Å². The van der Waals surface area contributed by atoms with Crippen LogP contribution in [0.1, 0.15) is 20.3 Å². The van der Waals surface area contributed by atoms with E-state index in [0.717, 1.165) is 12.2 Å². The van der Waals surface area contributed by atoms with Gasteiger partial charge in [-0.1, -0.05) is 0 Å². The Balaban J connectivity index is 2.97. The van der Waals surface area contributed by atoms with Gasteiger partial charge in [0.2, 0.25) is 10.0 Å². The van der Waals surface area contributed by atoms with Crippen molar-refractivity contribution >= 4 is 15.7 Å². The highest BCUT2D eigenvalue weighted by Crippen LogP contribution is 2.19. The molecule has 0 spiro atoms. The normalized spacial score (nSPS) is 13.0. The van der Waals surface area contributed by atoms with Gasteiger partial charge in [0, 0.05) is 25.3 Å². The Bertz CT molecular complexity index is 546. The summed E-state index contributed by atoms with van der Waals surface area (Å²) in [5.74, 6) is 0. The fourth-order valence-corrected chi connectivity index (χ4v) is 2.97. The predicted molar refractivity (Wildman–Crippen MR) is 75.2 cm³/mol. The number of nitrogens with one attached hydrogen (secondary N) is 1. The Hall–Kier alpha value is -1.58. The third kappa shape index (κ3) is 3.69. The lowest BCUT2D eigenvalue weighted by atomic mass is 10.3. The Labute approximate surface area is 114 Å². The fraction of sp³-hybridized carbons (Fsp3) is 0.462. The van der Waals surface area contributed by atoms with Crippen molar-refractivity contribution in [1.82, 2.24) is 4.31 Å². The molecular formula is C13H19N3O2S. The fourth-order valence-electron chi connectivity index (χ4n) is 1.61. The van der Waals surface area contributed by atoms with E-state index in [9.17, 15) is 8.42 Å². The van der Waals surface area contributed by atoms with Crippen molar-refractivity contribution in [2.45, 2.75) is 31.2 Å². The molecule has 0 saturated heterocycles. The molecule has 0 aliphatic carbocycles. The summed E-state index contributed by atoms with van der Waals surface area (Å²) < 4.78 is 25.9. The van der Waals surface area contributed by atoms with Crippen LogP contribution in [0.5, 0.6) is 0 Å². The summed E-state index contributed by atoms with van der Waals surface area (Å²) in [6, 6.07) is 8.25. The zero-order valence-electron chi connectivity index (χ0n) is 11.4. The number of benzene rings is 1. The van der Waals surface area contributed by atoms with E-state index in [2.05, 4.69) is 5.32 Å². The van der Waals surface area contributed by atoms with Crippen molar-refractivity contribution in [3.63, 3.8) is 0 Å². The predicted octanol–water partition coefficient (Wildman–Crippen LogP) is 2.04. The van der Waals surface area contributed by atoms with Gasteiger partial charge in [-0.3, -0.25) is 0 Å². The molecule has 19 heavy (non-hydrogen) atoms. The quantitative estimate of drug-likeness (QED) is 0.866. The summed E-state index contributed by atoms with van der Waals surface area (Å²) in [6.07, 6.45) is 0.172. The first-order chi connectivity index (χ1) is 8.93. The number of nitriles is 1. The minimum Gasteiger partial charge on any atom is -0.385 e. The van der Waals surface area contributed by atoms with Crippen molar-refractivity contribution in [3.05, 3.63) is 24.3 Å². The van der Waals surface area contributed by atoms with Crippen molar-refractivity contribution in [3.8, 4) is 6.07 Å². The molecule has 6 heteroatoms. The van der Waals surface area contributed by atoms with Gasteiger partial charge in [0.15, 0.2) is 0 Å². The second-order valence-corrected chi connectivity index (χ2v) is 6.28. The minimum absolute atomic E-state index is 0.172. The van der Waals surface area contributed by atoms with E-state index >= 15 is 0 Å². The van der Waals surface area contributed by atoms with Gasteiger partial charge in [-0.15, -0.1) is 0 Å².